The lowest BCUT2D eigenvalue weighted by molar-refractivity contribution is -0.125. The molecular weight excluding hydrogens is 414 g/mol. The second-order valence-electron chi connectivity index (χ2n) is 7.75. The topological polar surface area (TPSA) is 72.9 Å². The molecule has 1 amide bonds. The van der Waals surface area contributed by atoms with Crippen LogP contribution in [-0.4, -0.2) is 37.4 Å². The molecule has 1 N–H and O–H groups in total. The van der Waals surface area contributed by atoms with Crippen LogP contribution in [0, 0.1) is 5.92 Å². The van der Waals surface area contributed by atoms with Crippen LogP contribution in [0.25, 0.3) is 10.2 Å². The first-order valence-electron chi connectivity index (χ1n) is 10.6. The molecule has 0 radical (unpaired) electrons. The van der Waals surface area contributed by atoms with Crippen molar-refractivity contribution >= 4 is 32.6 Å². The highest BCUT2D eigenvalue weighted by Crippen LogP contribution is 2.34. The molecule has 3 aromatic rings. The maximum Gasteiger partial charge on any atom is 0.231 e. The predicted octanol–water partition coefficient (Wildman–Crippen LogP) is 3.96. The Morgan fingerprint density at radius 3 is 3.06 bits per heavy atom. The highest BCUT2D eigenvalue weighted by Gasteiger charge is 2.27. The molecule has 8 heteroatoms. The quantitative estimate of drug-likeness (QED) is 0.627. The fourth-order valence-corrected chi connectivity index (χ4v) is 5.06. The molecule has 2 aliphatic rings. The van der Waals surface area contributed by atoms with Crippen LogP contribution in [-0.2, 0) is 11.3 Å². The molecule has 0 saturated carbocycles. The van der Waals surface area contributed by atoms with Gasteiger partial charge in [-0.25, -0.2) is 4.98 Å². The zero-order chi connectivity index (χ0) is 21.2. The first kappa shape index (κ1) is 19.9. The van der Waals surface area contributed by atoms with Gasteiger partial charge in [0.25, 0.3) is 0 Å². The minimum absolute atomic E-state index is 0.0474. The van der Waals surface area contributed by atoms with Gasteiger partial charge in [-0.2, -0.15) is 0 Å². The molecule has 0 bridgehead atoms. The van der Waals surface area contributed by atoms with Crippen LogP contribution in [0.4, 0.5) is 5.13 Å². The Balaban J connectivity index is 1.22. The van der Waals surface area contributed by atoms with Crippen molar-refractivity contribution in [3.05, 3.63) is 42.0 Å². The highest BCUT2D eigenvalue weighted by atomic mass is 32.1. The number of nitrogens with zero attached hydrogens (tertiary/aromatic N) is 2. The van der Waals surface area contributed by atoms with Crippen molar-refractivity contribution in [3.63, 3.8) is 0 Å². The number of carbonyl (C=O) groups excluding carboxylic acids is 1. The number of ether oxygens (including phenoxy) is 3. The summed E-state index contributed by atoms with van der Waals surface area (Å²) in [6.45, 7) is 4.96. The molecule has 1 fully saturated rings. The van der Waals surface area contributed by atoms with Gasteiger partial charge in [-0.05, 0) is 55.7 Å². The number of carbonyl (C=O) groups is 1. The van der Waals surface area contributed by atoms with Gasteiger partial charge in [-0.15, -0.1) is 0 Å². The van der Waals surface area contributed by atoms with Gasteiger partial charge in [0.2, 0.25) is 12.7 Å². The van der Waals surface area contributed by atoms with Gasteiger partial charge in [0.1, 0.15) is 5.75 Å². The molecule has 7 nitrogen and oxygen atoms in total. The maximum atomic E-state index is 12.8. The summed E-state index contributed by atoms with van der Waals surface area (Å²) in [7, 11) is 0. The third kappa shape index (κ3) is 4.25. The van der Waals surface area contributed by atoms with Gasteiger partial charge in [0.05, 0.1) is 22.7 Å². The van der Waals surface area contributed by atoms with Gasteiger partial charge >= 0.3 is 0 Å². The lowest BCUT2D eigenvalue weighted by Crippen LogP contribution is -2.42. The third-order valence-corrected chi connectivity index (χ3v) is 6.71. The van der Waals surface area contributed by atoms with Crippen molar-refractivity contribution in [3.8, 4) is 17.2 Å². The molecule has 1 aromatic heterocycles. The first-order chi connectivity index (χ1) is 15.2. The van der Waals surface area contributed by atoms with E-state index >= 15 is 0 Å². The van der Waals surface area contributed by atoms with E-state index in [1.165, 1.54) is 0 Å². The van der Waals surface area contributed by atoms with E-state index in [-0.39, 0.29) is 18.6 Å². The maximum absolute atomic E-state index is 12.8. The molecule has 0 aliphatic carbocycles. The number of aromatic nitrogens is 1. The van der Waals surface area contributed by atoms with E-state index in [4.69, 9.17) is 19.2 Å². The van der Waals surface area contributed by atoms with Crippen molar-refractivity contribution < 1.29 is 19.0 Å². The van der Waals surface area contributed by atoms with Crippen LogP contribution in [0.3, 0.4) is 0 Å². The Kier molecular flexibility index (Phi) is 5.55. The Bertz CT molecular complexity index is 1100. The molecule has 5 rings (SSSR count). The van der Waals surface area contributed by atoms with Crippen molar-refractivity contribution in [2.45, 2.75) is 26.3 Å². The molecule has 2 aliphatic heterocycles. The summed E-state index contributed by atoms with van der Waals surface area (Å²) in [5.41, 5.74) is 1.97. The molecule has 3 heterocycles. The fraction of sp³-hybridized carbons (Fsp3) is 0.391. The smallest absolute Gasteiger partial charge is 0.231 e. The molecule has 31 heavy (non-hydrogen) atoms. The lowest BCUT2D eigenvalue weighted by atomic mass is 9.97. The minimum Gasteiger partial charge on any atom is -0.494 e. The number of fused-ring (bicyclic) bond motifs is 2. The van der Waals surface area contributed by atoms with Crippen LogP contribution in [0.15, 0.2) is 36.4 Å². The summed E-state index contributed by atoms with van der Waals surface area (Å²) in [6, 6.07) is 11.8. The Hall–Kier alpha value is -3.00. The van der Waals surface area contributed by atoms with Crippen molar-refractivity contribution in [1.29, 1.82) is 0 Å². The van der Waals surface area contributed by atoms with E-state index < -0.39 is 0 Å². The monoisotopic (exact) mass is 439 g/mol. The summed E-state index contributed by atoms with van der Waals surface area (Å²) in [5, 5.41) is 4.05. The summed E-state index contributed by atoms with van der Waals surface area (Å²) >= 11 is 1.66. The summed E-state index contributed by atoms with van der Waals surface area (Å²) in [6.07, 6.45) is 1.87. The summed E-state index contributed by atoms with van der Waals surface area (Å²) in [4.78, 5) is 19.9. The van der Waals surface area contributed by atoms with Crippen LogP contribution in [0.1, 0.15) is 25.3 Å². The van der Waals surface area contributed by atoms with E-state index in [0.717, 1.165) is 57.5 Å². The van der Waals surface area contributed by atoms with E-state index in [1.54, 1.807) is 11.3 Å². The number of thiazole rings is 1. The normalized spacial score (nSPS) is 17.7. The van der Waals surface area contributed by atoms with Crippen LogP contribution < -0.4 is 24.4 Å². The third-order valence-electron chi connectivity index (χ3n) is 5.63. The molecule has 0 spiro atoms. The molecular formula is C23H25N3O4S. The van der Waals surface area contributed by atoms with E-state index in [2.05, 4.69) is 10.2 Å². The Morgan fingerprint density at radius 1 is 1.26 bits per heavy atom. The lowest BCUT2D eigenvalue weighted by Gasteiger charge is -2.31. The van der Waals surface area contributed by atoms with Crippen LogP contribution in [0.2, 0.25) is 0 Å². The first-order valence-corrected chi connectivity index (χ1v) is 11.5. The van der Waals surface area contributed by atoms with E-state index in [1.807, 2.05) is 43.3 Å². The number of amides is 1. The standard InChI is InChI=1S/C23H25N3O4S/c1-2-28-17-6-7-18-21(11-17)31-23(25-18)26-9-3-4-16(13-26)22(27)24-12-15-5-8-19-20(10-15)30-14-29-19/h5-8,10-11,16H,2-4,9,12-14H2,1H3,(H,24,27)/t16-/m0/s1. The molecule has 2 aromatic carbocycles. The molecule has 1 atom stereocenters. The van der Waals surface area contributed by atoms with E-state index in [9.17, 15) is 4.79 Å². The van der Waals surface area contributed by atoms with E-state index in [0.29, 0.717) is 19.7 Å². The number of rotatable bonds is 6. The second-order valence-corrected chi connectivity index (χ2v) is 8.76. The second kappa shape index (κ2) is 8.63. The van der Waals surface area contributed by atoms with Crippen LogP contribution in [0.5, 0.6) is 17.2 Å². The Morgan fingerprint density at radius 2 is 2.16 bits per heavy atom. The van der Waals surface area contributed by atoms with Gasteiger partial charge < -0.3 is 24.4 Å². The number of hydrogen-bond acceptors (Lipinski definition) is 7. The Labute approximate surface area is 184 Å². The predicted molar refractivity (Wildman–Crippen MR) is 120 cm³/mol. The van der Waals surface area contributed by atoms with Gasteiger partial charge in [0, 0.05) is 19.6 Å². The van der Waals surface area contributed by atoms with Gasteiger partial charge in [-0.3, -0.25) is 4.79 Å². The minimum atomic E-state index is -0.0474. The van der Waals surface area contributed by atoms with Crippen LogP contribution >= 0.6 is 11.3 Å². The number of piperidine rings is 1. The summed E-state index contributed by atoms with van der Waals surface area (Å²) < 4.78 is 17.5. The van der Waals surface area contributed by atoms with Crippen molar-refractivity contribution in [2.75, 3.05) is 31.4 Å². The highest BCUT2D eigenvalue weighted by molar-refractivity contribution is 7.22. The fourth-order valence-electron chi connectivity index (χ4n) is 4.03. The average molecular weight is 440 g/mol. The SMILES string of the molecule is CCOc1ccc2nc(N3CCC[C@H](C(=O)NCc4ccc5c(c4)OCO5)C3)sc2c1. The van der Waals surface area contributed by atoms with Gasteiger partial charge in [-0.1, -0.05) is 17.4 Å². The summed E-state index contributed by atoms with van der Waals surface area (Å²) in [5.74, 6) is 2.39. The van der Waals surface area contributed by atoms with Gasteiger partial charge in [0.15, 0.2) is 16.6 Å². The molecule has 1 saturated heterocycles. The molecule has 0 unspecified atom stereocenters. The largest absolute Gasteiger partial charge is 0.494 e. The van der Waals surface area contributed by atoms with Crippen molar-refractivity contribution in [2.24, 2.45) is 5.92 Å². The number of benzene rings is 2. The number of hydrogen-bond donors (Lipinski definition) is 1. The zero-order valence-corrected chi connectivity index (χ0v) is 18.2. The average Bonchev–Trinajstić information content (AvgIpc) is 3.44. The number of anilines is 1. The molecule has 162 valence electrons. The van der Waals surface area contributed by atoms with Crippen molar-refractivity contribution in [1.82, 2.24) is 10.3 Å². The number of nitrogens with one attached hydrogen (secondary N) is 1. The zero-order valence-electron chi connectivity index (χ0n) is 17.4.